The molecule has 0 aliphatic heterocycles. The number of nitrogens with one attached hydrogen (secondary N) is 1. The zero-order chi connectivity index (χ0) is 13.4. The molecule has 0 aromatic carbocycles. The molecule has 0 unspecified atom stereocenters. The summed E-state index contributed by atoms with van der Waals surface area (Å²) in [6, 6.07) is 1.23. The number of imidazole rings is 1. The molecule has 0 saturated heterocycles. The average molecular weight is 339 g/mol. The number of nitrogen functional groups attached to an aromatic ring is 1. The quantitative estimate of drug-likeness (QED) is 0.683. The SMILES string of the molecule is Nc1cc(=O)[nH]c(Sc2nc(Br)cn3ccnc23)n1. The molecule has 96 valence electrons. The Bertz CT molecular complexity index is 813. The minimum Gasteiger partial charge on any atom is -0.383 e. The molecule has 0 saturated carbocycles. The smallest absolute Gasteiger partial charge is 0.253 e. The Balaban J connectivity index is 2.09. The van der Waals surface area contributed by atoms with Crippen LogP contribution >= 0.6 is 27.7 Å². The fourth-order valence-electron chi connectivity index (χ4n) is 1.54. The van der Waals surface area contributed by atoms with Crippen LogP contribution in [-0.2, 0) is 0 Å². The van der Waals surface area contributed by atoms with Gasteiger partial charge in [-0.2, -0.15) is 0 Å². The molecule has 0 radical (unpaired) electrons. The highest BCUT2D eigenvalue weighted by Crippen LogP contribution is 2.27. The molecule has 3 aromatic heterocycles. The van der Waals surface area contributed by atoms with Gasteiger partial charge in [0.15, 0.2) is 10.8 Å². The summed E-state index contributed by atoms with van der Waals surface area (Å²) in [4.78, 5) is 26.5. The van der Waals surface area contributed by atoms with E-state index in [1.165, 1.54) is 17.8 Å². The molecule has 0 aliphatic carbocycles. The number of fused-ring (bicyclic) bond motifs is 1. The number of halogens is 1. The van der Waals surface area contributed by atoms with Gasteiger partial charge in [-0.25, -0.2) is 15.0 Å². The summed E-state index contributed by atoms with van der Waals surface area (Å²) in [5.41, 5.74) is 5.92. The van der Waals surface area contributed by atoms with Gasteiger partial charge in [0.1, 0.15) is 15.4 Å². The number of H-pyrrole nitrogens is 1. The Kier molecular flexibility index (Phi) is 2.99. The largest absolute Gasteiger partial charge is 0.383 e. The fourth-order valence-corrected chi connectivity index (χ4v) is 2.93. The molecule has 3 rings (SSSR count). The number of aromatic nitrogens is 5. The maximum absolute atomic E-state index is 11.3. The van der Waals surface area contributed by atoms with Crippen LogP contribution in [0, 0.1) is 0 Å². The van der Waals surface area contributed by atoms with Crippen LogP contribution in [0.4, 0.5) is 5.82 Å². The van der Waals surface area contributed by atoms with Gasteiger partial charge < -0.3 is 15.1 Å². The number of anilines is 1. The predicted octanol–water partition coefficient (Wildman–Crippen LogP) is 1.31. The standard InChI is InChI=1S/C10H7BrN6OS/c11-5-4-17-2-1-13-8(17)9(14-5)19-10-15-6(12)3-7(18)16-10/h1-4H,(H3,12,15,16,18). The summed E-state index contributed by atoms with van der Waals surface area (Å²) < 4.78 is 2.48. The average Bonchev–Trinajstić information content (AvgIpc) is 2.75. The molecule has 3 N–H and O–H groups in total. The van der Waals surface area contributed by atoms with Crippen LogP contribution in [-0.4, -0.2) is 24.3 Å². The van der Waals surface area contributed by atoms with Gasteiger partial charge in [0.25, 0.3) is 5.56 Å². The van der Waals surface area contributed by atoms with Gasteiger partial charge in [-0.15, -0.1) is 0 Å². The first-order chi connectivity index (χ1) is 9.11. The second-order valence-electron chi connectivity index (χ2n) is 3.60. The molecule has 3 heterocycles. The summed E-state index contributed by atoms with van der Waals surface area (Å²) in [6.45, 7) is 0. The lowest BCUT2D eigenvalue weighted by atomic mass is 10.6. The first-order valence-corrected chi connectivity index (χ1v) is 6.77. The third-order valence-corrected chi connectivity index (χ3v) is 3.48. The van der Waals surface area contributed by atoms with Gasteiger partial charge in [0.2, 0.25) is 0 Å². The Morgan fingerprint density at radius 3 is 3.05 bits per heavy atom. The van der Waals surface area contributed by atoms with Crippen molar-refractivity contribution in [3.05, 3.63) is 39.6 Å². The van der Waals surface area contributed by atoms with Crippen LogP contribution in [0.2, 0.25) is 0 Å². The van der Waals surface area contributed by atoms with E-state index in [-0.39, 0.29) is 11.4 Å². The van der Waals surface area contributed by atoms with Crippen molar-refractivity contribution in [2.75, 3.05) is 5.73 Å². The van der Waals surface area contributed by atoms with Crippen LogP contribution in [0.25, 0.3) is 5.65 Å². The van der Waals surface area contributed by atoms with Gasteiger partial charge in [-0.3, -0.25) is 4.79 Å². The number of aromatic amines is 1. The van der Waals surface area contributed by atoms with Gasteiger partial charge in [0.05, 0.1) is 0 Å². The number of hydrogen-bond acceptors (Lipinski definition) is 6. The zero-order valence-corrected chi connectivity index (χ0v) is 11.8. The Hall–Kier alpha value is -1.87. The lowest BCUT2D eigenvalue weighted by Crippen LogP contribution is -2.09. The molecule has 19 heavy (non-hydrogen) atoms. The van der Waals surface area contributed by atoms with E-state index in [9.17, 15) is 4.79 Å². The van der Waals surface area contributed by atoms with Gasteiger partial charge in [0, 0.05) is 24.7 Å². The second kappa shape index (κ2) is 4.67. The Labute approximate surface area is 119 Å². The van der Waals surface area contributed by atoms with Crippen molar-refractivity contribution < 1.29 is 0 Å². The van der Waals surface area contributed by atoms with Crippen molar-refractivity contribution >= 4 is 39.2 Å². The summed E-state index contributed by atoms with van der Waals surface area (Å²) in [5.74, 6) is 0.167. The second-order valence-corrected chi connectivity index (χ2v) is 5.39. The molecule has 7 nitrogen and oxygen atoms in total. The van der Waals surface area contributed by atoms with E-state index in [0.717, 1.165) is 0 Å². The normalized spacial score (nSPS) is 11.0. The van der Waals surface area contributed by atoms with Gasteiger partial charge >= 0.3 is 0 Å². The zero-order valence-electron chi connectivity index (χ0n) is 9.37. The topological polar surface area (TPSA) is 102 Å². The molecule has 0 fully saturated rings. The van der Waals surface area contributed by atoms with Crippen LogP contribution < -0.4 is 11.3 Å². The van der Waals surface area contributed by atoms with E-state index in [0.29, 0.717) is 20.4 Å². The molecule has 0 atom stereocenters. The van der Waals surface area contributed by atoms with E-state index < -0.39 is 0 Å². The van der Waals surface area contributed by atoms with Gasteiger partial charge in [-0.1, -0.05) is 0 Å². The molecule has 0 aliphatic rings. The van der Waals surface area contributed by atoms with Crippen LogP contribution in [0.15, 0.2) is 44.2 Å². The van der Waals surface area contributed by atoms with Gasteiger partial charge in [-0.05, 0) is 27.7 Å². The number of rotatable bonds is 2. The first-order valence-electron chi connectivity index (χ1n) is 5.16. The van der Waals surface area contributed by atoms with E-state index >= 15 is 0 Å². The van der Waals surface area contributed by atoms with Crippen LogP contribution in [0.3, 0.4) is 0 Å². The fraction of sp³-hybridized carbons (Fsp3) is 0. The van der Waals surface area contributed by atoms with E-state index in [1.54, 1.807) is 18.6 Å². The van der Waals surface area contributed by atoms with Crippen LogP contribution in [0.5, 0.6) is 0 Å². The minimum absolute atomic E-state index is 0.167. The van der Waals surface area contributed by atoms with Crippen molar-refractivity contribution in [3.63, 3.8) is 0 Å². The lowest BCUT2D eigenvalue weighted by Gasteiger charge is -2.03. The van der Waals surface area contributed by atoms with Crippen molar-refractivity contribution in [1.29, 1.82) is 0 Å². The first kappa shape index (κ1) is 12.2. The molecular formula is C10H7BrN6OS. The van der Waals surface area contributed by atoms with Crippen molar-refractivity contribution in [2.24, 2.45) is 0 Å². The van der Waals surface area contributed by atoms with E-state index in [2.05, 4.69) is 35.9 Å². The van der Waals surface area contributed by atoms with Crippen molar-refractivity contribution in [3.8, 4) is 0 Å². The third kappa shape index (κ3) is 2.47. The Morgan fingerprint density at radius 2 is 2.26 bits per heavy atom. The molecule has 3 aromatic rings. The summed E-state index contributed by atoms with van der Waals surface area (Å²) in [7, 11) is 0. The lowest BCUT2D eigenvalue weighted by molar-refractivity contribution is 0.934. The third-order valence-electron chi connectivity index (χ3n) is 2.25. The van der Waals surface area contributed by atoms with Crippen molar-refractivity contribution in [2.45, 2.75) is 10.2 Å². The molecule has 9 heteroatoms. The Morgan fingerprint density at radius 1 is 1.42 bits per heavy atom. The highest BCUT2D eigenvalue weighted by Gasteiger charge is 2.10. The predicted molar refractivity (Wildman–Crippen MR) is 74.1 cm³/mol. The monoisotopic (exact) mass is 338 g/mol. The highest BCUT2D eigenvalue weighted by molar-refractivity contribution is 9.10. The number of nitrogens with two attached hydrogens (primary N) is 1. The summed E-state index contributed by atoms with van der Waals surface area (Å²) in [6.07, 6.45) is 5.27. The van der Waals surface area contributed by atoms with Crippen molar-refractivity contribution in [1.82, 2.24) is 24.3 Å². The molecule has 0 amide bonds. The summed E-state index contributed by atoms with van der Waals surface area (Å²) >= 11 is 4.51. The van der Waals surface area contributed by atoms with E-state index in [4.69, 9.17) is 5.73 Å². The molecule has 0 spiro atoms. The summed E-state index contributed by atoms with van der Waals surface area (Å²) in [5, 5.41) is 0.994. The molecule has 0 bridgehead atoms. The minimum atomic E-state index is -0.302. The van der Waals surface area contributed by atoms with E-state index in [1.807, 2.05) is 4.40 Å². The maximum atomic E-state index is 11.3. The number of nitrogens with zero attached hydrogens (tertiary/aromatic N) is 4. The van der Waals surface area contributed by atoms with Crippen LogP contribution in [0.1, 0.15) is 0 Å². The number of hydrogen-bond donors (Lipinski definition) is 2. The highest BCUT2D eigenvalue weighted by atomic mass is 79.9. The molecular weight excluding hydrogens is 332 g/mol. The maximum Gasteiger partial charge on any atom is 0.253 e.